The summed E-state index contributed by atoms with van der Waals surface area (Å²) >= 11 is 0. The molecule has 0 N–H and O–H groups in total. The molecule has 0 spiro atoms. The molecule has 0 aromatic heterocycles. The van der Waals surface area contributed by atoms with Crippen LogP contribution in [0.4, 0.5) is 0 Å². The Labute approximate surface area is 80.3 Å². The van der Waals surface area contributed by atoms with Crippen LogP contribution in [0.2, 0.25) is 0 Å². The fourth-order valence-corrected chi connectivity index (χ4v) is 1.89. The molecule has 2 aliphatic rings. The zero-order valence-corrected chi connectivity index (χ0v) is 8.62. The number of nitrogens with zero attached hydrogens (tertiary/aromatic N) is 1. The van der Waals surface area contributed by atoms with Gasteiger partial charge in [-0.05, 0) is 38.0 Å². The molecule has 1 atom stereocenters. The first kappa shape index (κ1) is 9.04. The third kappa shape index (κ3) is 1.87. The van der Waals surface area contributed by atoms with Crippen molar-refractivity contribution in [1.82, 2.24) is 0 Å². The lowest BCUT2D eigenvalue weighted by Crippen LogP contribution is -2.31. The van der Waals surface area contributed by atoms with E-state index in [0.717, 1.165) is 12.3 Å². The molecule has 0 bridgehead atoms. The van der Waals surface area contributed by atoms with Crippen molar-refractivity contribution in [2.24, 2.45) is 17.0 Å². The lowest BCUT2D eigenvalue weighted by molar-refractivity contribution is 0.00346. The molecular formula is C11H19NO. The van der Waals surface area contributed by atoms with Gasteiger partial charge in [0.05, 0.1) is 5.71 Å². The Bertz CT molecular complexity index is 206. The van der Waals surface area contributed by atoms with Crippen molar-refractivity contribution in [3.05, 3.63) is 0 Å². The molecule has 0 aliphatic heterocycles. The van der Waals surface area contributed by atoms with Crippen LogP contribution in [-0.2, 0) is 4.84 Å². The Morgan fingerprint density at radius 2 is 2.08 bits per heavy atom. The van der Waals surface area contributed by atoms with Crippen molar-refractivity contribution in [2.75, 3.05) is 0 Å². The predicted octanol–water partition coefficient (Wildman–Crippen LogP) is 2.98. The largest absolute Gasteiger partial charge is 0.393 e. The van der Waals surface area contributed by atoms with Crippen molar-refractivity contribution in [1.29, 1.82) is 0 Å². The second-order valence-electron chi connectivity index (χ2n) is 4.63. The van der Waals surface area contributed by atoms with Gasteiger partial charge in [-0.25, -0.2) is 0 Å². The van der Waals surface area contributed by atoms with Gasteiger partial charge in [-0.2, -0.15) is 0 Å². The first-order valence-corrected chi connectivity index (χ1v) is 5.50. The number of hydrogen-bond acceptors (Lipinski definition) is 2. The minimum Gasteiger partial charge on any atom is -0.393 e. The standard InChI is InChI=1S/C11H19NO/c1-8(2)10-6-7-11(10)12-13-9-4-3-5-9/h8-10H,3-7H2,1-2H3/b12-11+. The molecule has 2 fully saturated rings. The van der Waals surface area contributed by atoms with E-state index in [1.807, 2.05) is 0 Å². The maximum absolute atomic E-state index is 5.45. The molecule has 0 radical (unpaired) electrons. The minimum absolute atomic E-state index is 0.445. The summed E-state index contributed by atoms with van der Waals surface area (Å²) < 4.78 is 0. The van der Waals surface area contributed by atoms with Crippen LogP contribution >= 0.6 is 0 Å². The lowest BCUT2D eigenvalue weighted by Gasteiger charge is -2.32. The normalized spacial score (nSPS) is 31.6. The van der Waals surface area contributed by atoms with E-state index in [4.69, 9.17) is 4.84 Å². The molecule has 13 heavy (non-hydrogen) atoms. The highest BCUT2D eigenvalue weighted by Crippen LogP contribution is 2.31. The van der Waals surface area contributed by atoms with Crippen molar-refractivity contribution < 1.29 is 4.84 Å². The van der Waals surface area contributed by atoms with E-state index in [-0.39, 0.29) is 0 Å². The average Bonchev–Trinajstić information content (AvgIpc) is 1.90. The van der Waals surface area contributed by atoms with Gasteiger partial charge in [0.2, 0.25) is 0 Å². The fourth-order valence-electron chi connectivity index (χ4n) is 1.89. The third-order valence-electron chi connectivity index (χ3n) is 3.32. The first-order chi connectivity index (χ1) is 6.27. The number of oxime groups is 1. The number of rotatable bonds is 3. The van der Waals surface area contributed by atoms with Crippen LogP contribution in [0.5, 0.6) is 0 Å². The van der Waals surface area contributed by atoms with Crippen molar-refractivity contribution in [2.45, 2.75) is 52.1 Å². The summed E-state index contributed by atoms with van der Waals surface area (Å²) in [6.07, 6.45) is 6.66. The third-order valence-corrected chi connectivity index (χ3v) is 3.32. The highest BCUT2D eigenvalue weighted by atomic mass is 16.6. The van der Waals surface area contributed by atoms with Gasteiger partial charge in [0.25, 0.3) is 0 Å². The summed E-state index contributed by atoms with van der Waals surface area (Å²) in [5, 5.41) is 4.27. The summed E-state index contributed by atoms with van der Waals surface area (Å²) in [5.74, 6) is 1.44. The zero-order valence-electron chi connectivity index (χ0n) is 8.62. The molecule has 2 heteroatoms. The van der Waals surface area contributed by atoms with Crippen LogP contribution in [0, 0.1) is 11.8 Å². The SMILES string of the molecule is CC(C)C1CC/C1=N\OC1CCC1. The van der Waals surface area contributed by atoms with E-state index in [2.05, 4.69) is 19.0 Å². The van der Waals surface area contributed by atoms with Crippen molar-refractivity contribution in [3.63, 3.8) is 0 Å². The van der Waals surface area contributed by atoms with Gasteiger partial charge in [0.1, 0.15) is 6.10 Å². The molecular weight excluding hydrogens is 162 g/mol. The zero-order chi connectivity index (χ0) is 9.26. The Hall–Kier alpha value is -0.530. The van der Waals surface area contributed by atoms with Crippen LogP contribution < -0.4 is 0 Å². The molecule has 0 amide bonds. The summed E-state index contributed by atoms with van der Waals surface area (Å²) in [7, 11) is 0. The number of hydrogen-bond donors (Lipinski definition) is 0. The average molecular weight is 181 g/mol. The smallest absolute Gasteiger partial charge is 0.127 e. The quantitative estimate of drug-likeness (QED) is 0.613. The topological polar surface area (TPSA) is 21.6 Å². The van der Waals surface area contributed by atoms with E-state index in [0.29, 0.717) is 12.0 Å². The van der Waals surface area contributed by atoms with Gasteiger partial charge >= 0.3 is 0 Å². The fraction of sp³-hybridized carbons (Fsp3) is 0.909. The highest BCUT2D eigenvalue weighted by molar-refractivity contribution is 5.91. The van der Waals surface area contributed by atoms with E-state index in [1.165, 1.54) is 31.4 Å². The second kappa shape index (κ2) is 3.69. The van der Waals surface area contributed by atoms with Gasteiger partial charge in [-0.15, -0.1) is 0 Å². The Kier molecular flexibility index (Phi) is 2.56. The van der Waals surface area contributed by atoms with Gasteiger partial charge in [0.15, 0.2) is 0 Å². The Morgan fingerprint density at radius 3 is 2.46 bits per heavy atom. The van der Waals surface area contributed by atoms with Crippen LogP contribution in [0.25, 0.3) is 0 Å². The summed E-state index contributed by atoms with van der Waals surface area (Å²) in [5.41, 5.74) is 1.31. The minimum atomic E-state index is 0.445. The second-order valence-corrected chi connectivity index (χ2v) is 4.63. The monoisotopic (exact) mass is 181 g/mol. The van der Waals surface area contributed by atoms with E-state index in [1.54, 1.807) is 0 Å². The van der Waals surface area contributed by atoms with Crippen molar-refractivity contribution in [3.8, 4) is 0 Å². The molecule has 2 saturated carbocycles. The molecule has 74 valence electrons. The molecule has 0 aromatic rings. The van der Waals surface area contributed by atoms with Crippen LogP contribution in [-0.4, -0.2) is 11.8 Å². The van der Waals surface area contributed by atoms with Gasteiger partial charge in [-0.1, -0.05) is 19.0 Å². The van der Waals surface area contributed by atoms with E-state index < -0.39 is 0 Å². The lowest BCUT2D eigenvalue weighted by atomic mass is 9.75. The summed E-state index contributed by atoms with van der Waals surface area (Å²) in [6, 6.07) is 0. The predicted molar refractivity (Wildman–Crippen MR) is 53.7 cm³/mol. The molecule has 2 aliphatic carbocycles. The molecule has 2 nitrogen and oxygen atoms in total. The summed E-state index contributed by atoms with van der Waals surface area (Å²) in [6.45, 7) is 4.53. The van der Waals surface area contributed by atoms with E-state index in [9.17, 15) is 0 Å². The van der Waals surface area contributed by atoms with Gasteiger partial charge in [0, 0.05) is 5.92 Å². The van der Waals surface area contributed by atoms with Crippen LogP contribution in [0.1, 0.15) is 46.0 Å². The maximum Gasteiger partial charge on any atom is 0.127 e. The molecule has 0 saturated heterocycles. The van der Waals surface area contributed by atoms with Gasteiger partial charge in [-0.3, -0.25) is 0 Å². The van der Waals surface area contributed by atoms with Gasteiger partial charge < -0.3 is 4.84 Å². The summed E-state index contributed by atoms with van der Waals surface area (Å²) in [4.78, 5) is 5.45. The molecule has 0 aromatic carbocycles. The first-order valence-electron chi connectivity index (χ1n) is 5.50. The Balaban J connectivity index is 1.78. The molecule has 0 heterocycles. The van der Waals surface area contributed by atoms with Crippen LogP contribution in [0.3, 0.4) is 0 Å². The van der Waals surface area contributed by atoms with E-state index >= 15 is 0 Å². The molecule has 1 unspecified atom stereocenters. The van der Waals surface area contributed by atoms with Crippen molar-refractivity contribution >= 4 is 5.71 Å². The Morgan fingerprint density at radius 1 is 1.31 bits per heavy atom. The van der Waals surface area contributed by atoms with Crippen LogP contribution in [0.15, 0.2) is 5.16 Å². The highest BCUT2D eigenvalue weighted by Gasteiger charge is 2.30. The molecule has 2 rings (SSSR count). The maximum atomic E-state index is 5.45.